The Balaban J connectivity index is 1.97. The number of nitrogens with zero attached hydrogens (tertiary/aromatic N) is 1. The molecule has 0 radical (unpaired) electrons. The van der Waals surface area contributed by atoms with Crippen molar-refractivity contribution in [3.63, 3.8) is 0 Å². The minimum absolute atomic E-state index is 0.574. The van der Waals surface area contributed by atoms with Gasteiger partial charge in [-0.25, -0.2) is 0 Å². The summed E-state index contributed by atoms with van der Waals surface area (Å²) in [5, 5.41) is 0. The van der Waals surface area contributed by atoms with Crippen LogP contribution in [0.4, 0.5) is 0 Å². The number of alkyl halides is 1. The normalized spacial score (nSPS) is 10.5. The van der Waals surface area contributed by atoms with E-state index in [1.54, 1.807) is 11.8 Å². The number of pyridine rings is 1. The highest BCUT2D eigenvalue weighted by molar-refractivity contribution is 7.98. The lowest BCUT2D eigenvalue weighted by Crippen LogP contribution is -1.88. The van der Waals surface area contributed by atoms with E-state index < -0.39 is 0 Å². The third-order valence-electron chi connectivity index (χ3n) is 2.41. The van der Waals surface area contributed by atoms with Crippen molar-refractivity contribution in [2.75, 3.05) is 0 Å². The molecule has 0 fully saturated rings. The van der Waals surface area contributed by atoms with Crippen LogP contribution < -0.4 is 0 Å². The summed E-state index contributed by atoms with van der Waals surface area (Å²) in [6, 6.07) is 14.5. The first-order valence-corrected chi connectivity index (χ1v) is 7.00. The molecule has 0 aliphatic heterocycles. The van der Waals surface area contributed by atoms with E-state index in [1.165, 1.54) is 4.90 Å². The fourth-order valence-corrected chi connectivity index (χ4v) is 2.49. The van der Waals surface area contributed by atoms with Gasteiger partial charge in [-0.2, -0.15) is 0 Å². The van der Waals surface area contributed by atoms with Gasteiger partial charge in [-0.05, 0) is 36.8 Å². The third kappa shape index (κ3) is 3.76. The van der Waals surface area contributed by atoms with Crippen molar-refractivity contribution in [1.29, 1.82) is 0 Å². The van der Waals surface area contributed by atoms with Crippen molar-refractivity contribution >= 4 is 23.4 Å². The van der Waals surface area contributed by atoms with Crippen molar-refractivity contribution in [3.05, 3.63) is 59.4 Å². The monoisotopic (exact) mass is 263 g/mol. The topological polar surface area (TPSA) is 12.9 Å². The zero-order chi connectivity index (χ0) is 12.1. The molecule has 0 spiro atoms. The van der Waals surface area contributed by atoms with Gasteiger partial charge in [0.2, 0.25) is 0 Å². The molecule has 2 rings (SSSR count). The van der Waals surface area contributed by atoms with Gasteiger partial charge in [0.1, 0.15) is 0 Å². The Morgan fingerprint density at radius 2 is 1.88 bits per heavy atom. The number of hydrogen-bond donors (Lipinski definition) is 0. The molecule has 0 saturated heterocycles. The van der Waals surface area contributed by atoms with E-state index in [1.807, 2.05) is 13.0 Å². The predicted molar refractivity (Wildman–Crippen MR) is 74.5 cm³/mol. The molecule has 1 aromatic carbocycles. The minimum atomic E-state index is 0.574. The van der Waals surface area contributed by atoms with Crippen molar-refractivity contribution in [1.82, 2.24) is 4.98 Å². The molecule has 0 amide bonds. The molecule has 17 heavy (non-hydrogen) atoms. The highest BCUT2D eigenvalue weighted by Gasteiger charge is 1.98. The van der Waals surface area contributed by atoms with Gasteiger partial charge in [0.05, 0.1) is 5.69 Å². The summed E-state index contributed by atoms with van der Waals surface area (Å²) in [4.78, 5) is 5.73. The number of aromatic nitrogens is 1. The second-order valence-corrected chi connectivity index (χ2v) is 5.15. The highest BCUT2D eigenvalue weighted by atomic mass is 35.5. The molecule has 88 valence electrons. The summed E-state index contributed by atoms with van der Waals surface area (Å²) in [5.41, 5.74) is 3.35. The van der Waals surface area contributed by atoms with Crippen molar-refractivity contribution in [3.8, 4) is 0 Å². The van der Waals surface area contributed by atoms with Crippen molar-refractivity contribution < 1.29 is 0 Å². The largest absolute Gasteiger partial charge is 0.257 e. The Hall–Kier alpha value is -0.990. The number of thioether (sulfide) groups is 1. The summed E-state index contributed by atoms with van der Waals surface area (Å²) < 4.78 is 0. The van der Waals surface area contributed by atoms with E-state index >= 15 is 0 Å². The van der Waals surface area contributed by atoms with Gasteiger partial charge in [0, 0.05) is 22.2 Å². The maximum Gasteiger partial charge on any atom is 0.0509 e. The molecule has 0 atom stereocenters. The van der Waals surface area contributed by atoms with E-state index in [9.17, 15) is 0 Å². The summed E-state index contributed by atoms with van der Waals surface area (Å²) >= 11 is 7.55. The van der Waals surface area contributed by atoms with Gasteiger partial charge in [0.15, 0.2) is 0 Å². The van der Waals surface area contributed by atoms with Crippen LogP contribution in [0.2, 0.25) is 0 Å². The summed E-state index contributed by atoms with van der Waals surface area (Å²) in [6.07, 6.45) is 0. The fourth-order valence-electron chi connectivity index (χ4n) is 1.51. The lowest BCUT2D eigenvalue weighted by molar-refractivity contribution is 1.11. The molecular formula is C14H14ClNS. The first kappa shape index (κ1) is 12.5. The van der Waals surface area contributed by atoms with Crippen LogP contribution in [0.5, 0.6) is 0 Å². The quantitative estimate of drug-likeness (QED) is 0.598. The van der Waals surface area contributed by atoms with E-state index in [0.29, 0.717) is 5.88 Å². The molecular weight excluding hydrogens is 250 g/mol. The van der Waals surface area contributed by atoms with Crippen LogP contribution >= 0.6 is 23.4 Å². The Morgan fingerprint density at radius 1 is 1.12 bits per heavy atom. The maximum atomic E-state index is 5.75. The fraction of sp³-hybridized carbons (Fsp3) is 0.214. The van der Waals surface area contributed by atoms with E-state index in [4.69, 9.17) is 11.6 Å². The smallest absolute Gasteiger partial charge is 0.0509 e. The minimum Gasteiger partial charge on any atom is -0.257 e. The van der Waals surface area contributed by atoms with Gasteiger partial charge in [-0.15, -0.1) is 23.4 Å². The van der Waals surface area contributed by atoms with Gasteiger partial charge < -0.3 is 0 Å². The lowest BCUT2D eigenvalue weighted by atomic mass is 10.2. The van der Waals surface area contributed by atoms with Crippen molar-refractivity contribution in [2.24, 2.45) is 0 Å². The Bertz CT molecular complexity index is 482. The number of halogens is 1. The van der Waals surface area contributed by atoms with Crippen LogP contribution in [0.15, 0.2) is 47.4 Å². The Labute approximate surface area is 111 Å². The molecule has 3 heteroatoms. The standard InChI is InChI=1S/C14H14ClNS/c1-11-3-2-4-13(16-11)10-17-14-7-5-12(9-15)6-8-14/h2-8H,9-10H2,1H3. The van der Waals surface area contributed by atoms with Gasteiger partial charge in [-0.3, -0.25) is 4.98 Å². The zero-order valence-electron chi connectivity index (χ0n) is 9.69. The molecule has 0 saturated carbocycles. The van der Waals surface area contributed by atoms with Crippen LogP contribution in [0.25, 0.3) is 0 Å². The molecule has 0 aliphatic carbocycles. The molecule has 1 heterocycles. The molecule has 0 N–H and O–H groups in total. The van der Waals surface area contributed by atoms with Crippen LogP contribution in [0.1, 0.15) is 17.0 Å². The molecule has 1 nitrogen and oxygen atoms in total. The number of benzene rings is 1. The average Bonchev–Trinajstić information content (AvgIpc) is 2.37. The molecule has 1 aromatic heterocycles. The first-order chi connectivity index (χ1) is 8.28. The summed E-state index contributed by atoms with van der Waals surface area (Å²) in [6.45, 7) is 2.02. The summed E-state index contributed by atoms with van der Waals surface area (Å²) in [7, 11) is 0. The van der Waals surface area contributed by atoms with Crippen LogP contribution in [-0.4, -0.2) is 4.98 Å². The third-order valence-corrected chi connectivity index (χ3v) is 3.76. The van der Waals surface area contributed by atoms with Crippen LogP contribution in [0.3, 0.4) is 0 Å². The van der Waals surface area contributed by atoms with E-state index in [-0.39, 0.29) is 0 Å². The predicted octanol–water partition coefficient (Wildman–Crippen LogP) is 4.42. The zero-order valence-corrected chi connectivity index (χ0v) is 11.3. The lowest BCUT2D eigenvalue weighted by Gasteiger charge is -2.03. The number of rotatable bonds is 4. The summed E-state index contributed by atoms with van der Waals surface area (Å²) in [5.74, 6) is 1.48. The number of aryl methyl sites for hydroxylation is 1. The SMILES string of the molecule is Cc1cccc(CSc2ccc(CCl)cc2)n1. The van der Waals surface area contributed by atoms with Gasteiger partial charge in [-0.1, -0.05) is 18.2 Å². The second-order valence-electron chi connectivity index (χ2n) is 3.84. The molecule has 2 aromatic rings. The Kier molecular flexibility index (Phi) is 4.46. The van der Waals surface area contributed by atoms with Gasteiger partial charge >= 0.3 is 0 Å². The van der Waals surface area contributed by atoms with E-state index in [2.05, 4.69) is 41.4 Å². The van der Waals surface area contributed by atoms with Crippen LogP contribution in [0, 0.1) is 6.92 Å². The van der Waals surface area contributed by atoms with Crippen molar-refractivity contribution in [2.45, 2.75) is 23.5 Å². The molecule has 0 unspecified atom stereocenters. The van der Waals surface area contributed by atoms with E-state index in [0.717, 1.165) is 22.7 Å². The van der Waals surface area contributed by atoms with Gasteiger partial charge in [0.25, 0.3) is 0 Å². The highest BCUT2D eigenvalue weighted by Crippen LogP contribution is 2.22. The van der Waals surface area contributed by atoms with Crippen LogP contribution in [-0.2, 0) is 11.6 Å². The molecule has 0 aliphatic rings. The average molecular weight is 264 g/mol. The number of hydrogen-bond acceptors (Lipinski definition) is 2. The Morgan fingerprint density at radius 3 is 2.53 bits per heavy atom. The maximum absolute atomic E-state index is 5.75. The first-order valence-electron chi connectivity index (χ1n) is 5.48. The second kappa shape index (κ2) is 6.08. The molecule has 0 bridgehead atoms.